The molecule has 0 saturated heterocycles. The van der Waals surface area contributed by atoms with Gasteiger partial charge in [-0.25, -0.2) is 9.89 Å². The van der Waals surface area contributed by atoms with E-state index in [1.165, 1.54) is 32.4 Å². The number of hydrogen-bond donors (Lipinski definition) is 2. The van der Waals surface area contributed by atoms with Crippen LogP contribution in [0.5, 0.6) is 11.5 Å². The number of nitriles is 2. The molecule has 0 radical (unpaired) electrons. The number of amides is 1. The average molecular weight is 598 g/mol. The van der Waals surface area contributed by atoms with Crippen LogP contribution in [0.4, 0.5) is 18.9 Å². The maximum absolute atomic E-state index is 13.8. The van der Waals surface area contributed by atoms with Gasteiger partial charge >= 0.3 is 11.9 Å². The van der Waals surface area contributed by atoms with E-state index in [0.29, 0.717) is 11.9 Å². The van der Waals surface area contributed by atoms with Gasteiger partial charge in [-0.3, -0.25) is 14.8 Å². The largest absolute Gasteiger partial charge is 0.496 e. The van der Waals surface area contributed by atoms with Crippen LogP contribution in [0.1, 0.15) is 33.0 Å². The Hall–Kier alpha value is -5.34. The van der Waals surface area contributed by atoms with Crippen molar-refractivity contribution < 1.29 is 27.4 Å². The lowest BCUT2D eigenvalue weighted by Crippen LogP contribution is -2.28. The van der Waals surface area contributed by atoms with Crippen LogP contribution in [0.3, 0.4) is 0 Å². The molecule has 0 unspecified atom stereocenters. The quantitative estimate of drug-likeness (QED) is 0.300. The molecule has 0 spiro atoms. The van der Waals surface area contributed by atoms with Crippen molar-refractivity contribution in [2.24, 2.45) is 0 Å². The molecular weight excluding hydrogens is 579 g/mol. The normalized spacial score (nSPS) is 11.0. The van der Waals surface area contributed by atoms with Gasteiger partial charge in [0.2, 0.25) is 0 Å². The molecular formula is C27H19ClF3N7O4. The molecule has 11 nitrogen and oxygen atoms in total. The standard InChI is InChI=1S/C27H19ClF3N7O4/c1-38(24-14(11-32)4-3-5-20(24)42-7-6-23-35-26(40)37-36-23)25(39)17-9-16(19(28)10-21(17)41-2)18-13-34-22(27(29,30)31)8-15(18)12-33/h3-5,8-10,13H,6-7H2,1-2H3,(H2,35,36,37,40). The highest BCUT2D eigenvalue weighted by Gasteiger charge is 2.33. The minimum absolute atomic E-state index is 0.0121. The maximum Gasteiger partial charge on any atom is 0.433 e. The van der Waals surface area contributed by atoms with Crippen LogP contribution in [0.15, 0.2) is 47.4 Å². The molecule has 0 bridgehead atoms. The molecule has 15 heteroatoms. The number of pyridine rings is 1. The van der Waals surface area contributed by atoms with Crippen LogP contribution in [-0.2, 0) is 12.6 Å². The Kier molecular flexibility index (Phi) is 8.49. The number of ether oxygens (including phenoxy) is 2. The summed E-state index contributed by atoms with van der Waals surface area (Å²) in [5.74, 6) is -0.143. The summed E-state index contributed by atoms with van der Waals surface area (Å²) >= 11 is 6.40. The van der Waals surface area contributed by atoms with Crippen molar-refractivity contribution in [3.63, 3.8) is 0 Å². The number of aromatic amines is 2. The number of carbonyl (C=O) groups is 1. The van der Waals surface area contributed by atoms with Gasteiger partial charge in [0.1, 0.15) is 34.8 Å². The van der Waals surface area contributed by atoms with E-state index in [4.69, 9.17) is 21.1 Å². The molecule has 0 aliphatic carbocycles. The topological polar surface area (TPSA) is 161 Å². The molecule has 2 heterocycles. The van der Waals surface area contributed by atoms with Crippen molar-refractivity contribution in [2.45, 2.75) is 12.6 Å². The lowest BCUT2D eigenvalue weighted by molar-refractivity contribution is -0.141. The number of para-hydroxylation sites is 1. The molecule has 42 heavy (non-hydrogen) atoms. The highest BCUT2D eigenvalue weighted by atomic mass is 35.5. The zero-order chi connectivity index (χ0) is 30.6. The number of aromatic nitrogens is 4. The van der Waals surface area contributed by atoms with E-state index in [1.807, 2.05) is 6.07 Å². The number of nitrogens with zero attached hydrogens (tertiary/aromatic N) is 5. The zero-order valence-electron chi connectivity index (χ0n) is 21.8. The van der Waals surface area contributed by atoms with Gasteiger partial charge < -0.3 is 14.4 Å². The van der Waals surface area contributed by atoms with E-state index in [9.17, 15) is 33.3 Å². The number of anilines is 1. The predicted molar refractivity (Wildman–Crippen MR) is 143 cm³/mol. The Morgan fingerprint density at radius 3 is 2.48 bits per heavy atom. The van der Waals surface area contributed by atoms with Gasteiger partial charge in [-0.1, -0.05) is 17.7 Å². The molecule has 0 aliphatic heterocycles. The van der Waals surface area contributed by atoms with Crippen molar-refractivity contribution in [3.05, 3.63) is 86.3 Å². The molecule has 2 aromatic carbocycles. The van der Waals surface area contributed by atoms with Crippen LogP contribution in [0.25, 0.3) is 11.1 Å². The molecule has 214 valence electrons. The summed E-state index contributed by atoms with van der Waals surface area (Å²) in [6, 6.07) is 11.5. The van der Waals surface area contributed by atoms with Crippen LogP contribution < -0.4 is 20.1 Å². The van der Waals surface area contributed by atoms with Gasteiger partial charge in [0, 0.05) is 36.9 Å². The Morgan fingerprint density at radius 2 is 1.86 bits per heavy atom. The van der Waals surface area contributed by atoms with Crippen LogP contribution in [0.2, 0.25) is 5.02 Å². The minimum atomic E-state index is -4.78. The van der Waals surface area contributed by atoms with Gasteiger partial charge in [0.15, 0.2) is 0 Å². The first-order chi connectivity index (χ1) is 20.0. The number of benzene rings is 2. The van der Waals surface area contributed by atoms with Crippen molar-refractivity contribution in [2.75, 3.05) is 25.7 Å². The Balaban J connectivity index is 1.74. The number of methoxy groups -OCH3 is 1. The second-order valence-electron chi connectivity index (χ2n) is 8.61. The summed E-state index contributed by atoms with van der Waals surface area (Å²) in [7, 11) is 2.68. The Bertz CT molecular complexity index is 1810. The van der Waals surface area contributed by atoms with Gasteiger partial charge in [0.05, 0.1) is 41.5 Å². The molecule has 1 amide bonds. The number of halogens is 4. The van der Waals surface area contributed by atoms with Gasteiger partial charge in [0.25, 0.3) is 5.91 Å². The molecule has 2 aromatic heterocycles. The number of nitrogens with one attached hydrogen (secondary N) is 2. The third-order valence-electron chi connectivity index (χ3n) is 6.03. The van der Waals surface area contributed by atoms with E-state index in [1.54, 1.807) is 18.2 Å². The monoisotopic (exact) mass is 597 g/mol. The van der Waals surface area contributed by atoms with Gasteiger partial charge in [-0.05, 0) is 24.3 Å². The lowest BCUT2D eigenvalue weighted by atomic mass is 9.98. The van der Waals surface area contributed by atoms with Crippen molar-refractivity contribution in [1.29, 1.82) is 10.5 Å². The van der Waals surface area contributed by atoms with Crippen molar-refractivity contribution in [1.82, 2.24) is 20.2 Å². The maximum atomic E-state index is 13.8. The Morgan fingerprint density at radius 1 is 1.12 bits per heavy atom. The van der Waals surface area contributed by atoms with Crippen molar-refractivity contribution in [3.8, 4) is 34.8 Å². The summed E-state index contributed by atoms with van der Waals surface area (Å²) in [4.78, 5) is 32.2. The lowest BCUT2D eigenvalue weighted by Gasteiger charge is -2.23. The number of alkyl halides is 3. The number of carbonyl (C=O) groups excluding carboxylic acids is 1. The first-order valence-corrected chi connectivity index (χ1v) is 12.3. The fourth-order valence-corrected chi connectivity index (χ4v) is 4.31. The van der Waals surface area contributed by atoms with Gasteiger partial charge in [-0.15, -0.1) is 0 Å². The zero-order valence-corrected chi connectivity index (χ0v) is 22.6. The highest BCUT2D eigenvalue weighted by molar-refractivity contribution is 6.34. The van der Waals surface area contributed by atoms with E-state index >= 15 is 0 Å². The second-order valence-corrected chi connectivity index (χ2v) is 9.02. The fraction of sp³-hybridized carbons (Fsp3) is 0.185. The highest BCUT2D eigenvalue weighted by Crippen LogP contribution is 2.39. The fourth-order valence-electron chi connectivity index (χ4n) is 4.05. The van der Waals surface area contributed by atoms with E-state index in [-0.39, 0.29) is 63.1 Å². The summed E-state index contributed by atoms with van der Waals surface area (Å²) < 4.78 is 50.7. The molecule has 2 N–H and O–H groups in total. The molecule has 4 aromatic rings. The average Bonchev–Trinajstić information content (AvgIpc) is 3.39. The third kappa shape index (κ3) is 6.04. The molecule has 4 rings (SSSR count). The second kappa shape index (κ2) is 12.0. The minimum Gasteiger partial charge on any atom is -0.496 e. The third-order valence-corrected chi connectivity index (χ3v) is 6.34. The summed E-state index contributed by atoms with van der Waals surface area (Å²) in [5.41, 5.74) is -1.93. The van der Waals surface area contributed by atoms with E-state index in [2.05, 4.69) is 20.2 Å². The van der Waals surface area contributed by atoms with Crippen molar-refractivity contribution >= 4 is 23.2 Å². The van der Waals surface area contributed by atoms with Gasteiger partial charge in [-0.2, -0.15) is 28.8 Å². The van der Waals surface area contributed by atoms with Crippen LogP contribution in [0, 0.1) is 22.7 Å². The molecule has 0 saturated carbocycles. The Labute approximate surface area is 240 Å². The molecule has 0 aliphatic rings. The van der Waals surface area contributed by atoms with Crippen LogP contribution in [-0.4, -0.2) is 46.8 Å². The van der Waals surface area contributed by atoms with Crippen LogP contribution >= 0.6 is 11.6 Å². The smallest absolute Gasteiger partial charge is 0.433 e. The first-order valence-electron chi connectivity index (χ1n) is 11.9. The molecule has 0 atom stereocenters. The number of hydrogen-bond acceptors (Lipinski definition) is 8. The predicted octanol–water partition coefficient (Wildman–Crippen LogP) is 4.48. The number of rotatable bonds is 8. The SMILES string of the molecule is COc1cc(Cl)c(-c2cnc(C(F)(F)F)cc2C#N)cc1C(=O)N(C)c1c(C#N)cccc1OCCc1n[nH]c(=O)[nH]1. The summed E-state index contributed by atoms with van der Waals surface area (Å²) in [6.07, 6.45) is -3.71. The first kappa shape index (κ1) is 29.6. The number of H-pyrrole nitrogens is 2. The van der Waals surface area contributed by atoms with E-state index in [0.717, 1.165) is 11.1 Å². The summed E-state index contributed by atoms with van der Waals surface area (Å²) in [6.45, 7) is 0.0387. The molecule has 0 fully saturated rings. The van der Waals surface area contributed by atoms with E-state index < -0.39 is 23.5 Å². The summed E-state index contributed by atoms with van der Waals surface area (Å²) in [5, 5.41) is 25.3.